The highest BCUT2D eigenvalue weighted by molar-refractivity contribution is 7.89. The molecule has 1 amide bonds. The predicted octanol–water partition coefficient (Wildman–Crippen LogP) is 2.40. The van der Waals surface area contributed by atoms with E-state index in [1.165, 1.54) is 26.2 Å². The zero-order valence-electron chi connectivity index (χ0n) is 14.6. The van der Waals surface area contributed by atoms with E-state index in [9.17, 15) is 13.2 Å². The van der Waals surface area contributed by atoms with Crippen LogP contribution < -0.4 is 5.43 Å². The highest BCUT2D eigenvalue weighted by Crippen LogP contribution is 2.14. The van der Waals surface area contributed by atoms with E-state index in [0.717, 1.165) is 15.4 Å². The van der Waals surface area contributed by atoms with Crippen LogP contribution >= 0.6 is 0 Å². The van der Waals surface area contributed by atoms with Gasteiger partial charge in [-0.3, -0.25) is 4.79 Å². The lowest BCUT2D eigenvalue weighted by Gasteiger charge is -2.11. The second kappa shape index (κ2) is 7.58. The van der Waals surface area contributed by atoms with E-state index in [0.29, 0.717) is 11.3 Å². The van der Waals surface area contributed by atoms with Crippen LogP contribution in [0.4, 0.5) is 0 Å². The summed E-state index contributed by atoms with van der Waals surface area (Å²) in [6.07, 6.45) is 0. The molecule has 0 aliphatic carbocycles. The number of nitrogens with one attached hydrogen (secondary N) is 1. The SMILES string of the molecule is C/C(=N/NC(=O)c1ccc(C)cc1)c1ccc(S(=O)(=O)N(C)C)cc1. The van der Waals surface area contributed by atoms with Crippen LogP contribution in [-0.4, -0.2) is 38.4 Å². The molecule has 0 fully saturated rings. The molecule has 1 N–H and O–H groups in total. The van der Waals surface area contributed by atoms with Gasteiger partial charge in [0.15, 0.2) is 0 Å². The monoisotopic (exact) mass is 359 g/mol. The molecular weight excluding hydrogens is 338 g/mol. The predicted molar refractivity (Wildman–Crippen MR) is 98.2 cm³/mol. The Morgan fingerprint density at radius 2 is 1.48 bits per heavy atom. The van der Waals surface area contributed by atoms with Gasteiger partial charge in [-0.05, 0) is 43.7 Å². The van der Waals surface area contributed by atoms with Crippen LogP contribution in [0, 0.1) is 6.92 Å². The maximum Gasteiger partial charge on any atom is 0.271 e. The normalized spacial score (nSPS) is 12.3. The maximum absolute atomic E-state index is 12.0. The molecule has 0 unspecified atom stereocenters. The van der Waals surface area contributed by atoms with Crippen molar-refractivity contribution in [2.45, 2.75) is 18.7 Å². The van der Waals surface area contributed by atoms with E-state index >= 15 is 0 Å². The van der Waals surface area contributed by atoms with E-state index < -0.39 is 10.0 Å². The quantitative estimate of drug-likeness (QED) is 0.658. The van der Waals surface area contributed by atoms with Gasteiger partial charge in [0.2, 0.25) is 10.0 Å². The molecular formula is C18H21N3O3S. The fraction of sp³-hybridized carbons (Fsp3) is 0.222. The molecule has 0 bridgehead atoms. The summed E-state index contributed by atoms with van der Waals surface area (Å²) >= 11 is 0. The first-order valence-electron chi connectivity index (χ1n) is 7.66. The molecule has 25 heavy (non-hydrogen) atoms. The molecule has 2 rings (SSSR count). The van der Waals surface area contributed by atoms with Crippen LogP contribution in [0.2, 0.25) is 0 Å². The smallest absolute Gasteiger partial charge is 0.267 e. The van der Waals surface area contributed by atoms with Crippen LogP contribution in [0.15, 0.2) is 58.5 Å². The van der Waals surface area contributed by atoms with Crippen LogP contribution in [0.1, 0.15) is 28.4 Å². The molecule has 0 spiro atoms. The Labute approximate surface area is 148 Å². The molecule has 0 saturated carbocycles. The number of sulfonamides is 1. The summed E-state index contributed by atoms with van der Waals surface area (Å²) in [4.78, 5) is 12.3. The minimum Gasteiger partial charge on any atom is -0.267 e. The molecule has 2 aromatic carbocycles. The molecule has 0 aromatic heterocycles. The minimum absolute atomic E-state index is 0.206. The Bertz CT molecular complexity index is 884. The van der Waals surface area contributed by atoms with Gasteiger partial charge in [-0.15, -0.1) is 0 Å². The van der Waals surface area contributed by atoms with E-state index in [1.807, 2.05) is 19.1 Å². The summed E-state index contributed by atoms with van der Waals surface area (Å²) in [5.41, 5.74) is 5.40. The molecule has 0 saturated heterocycles. The highest BCUT2D eigenvalue weighted by atomic mass is 32.2. The number of aryl methyl sites for hydroxylation is 1. The Balaban J connectivity index is 2.12. The fourth-order valence-corrected chi connectivity index (χ4v) is 2.95. The van der Waals surface area contributed by atoms with Gasteiger partial charge in [-0.25, -0.2) is 18.1 Å². The van der Waals surface area contributed by atoms with Gasteiger partial charge in [0.1, 0.15) is 0 Å². The third kappa shape index (κ3) is 4.52. The number of carbonyl (C=O) groups is 1. The lowest BCUT2D eigenvalue weighted by Crippen LogP contribution is -2.22. The van der Waals surface area contributed by atoms with Crippen molar-refractivity contribution in [3.8, 4) is 0 Å². The summed E-state index contributed by atoms with van der Waals surface area (Å²) in [7, 11) is -0.496. The van der Waals surface area contributed by atoms with E-state index in [-0.39, 0.29) is 10.8 Å². The fourth-order valence-electron chi connectivity index (χ4n) is 2.05. The van der Waals surface area contributed by atoms with Crippen LogP contribution in [0.25, 0.3) is 0 Å². The van der Waals surface area contributed by atoms with Crippen molar-refractivity contribution in [3.63, 3.8) is 0 Å². The topological polar surface area (TPSA) is 78.8 Å². The number of amides is 1. The van der Waals surface area contributed by atoms with Crippen LogP contribution in [-0.2, 0) is 10.0 Å². The number of hydrogen-bond acceptors (Lipinski definition) is 4. The number of hydrazone groups is 1. The van der Waals surface area contributed by atoms with Gasteiger partial charge >= 0.3 is 0 Å². The average molecular weight is 359 g/mol. The third-order valence-corrected chi connectivity index (χ3v) is 5.52. The Morgan fingerprint density at radius 1 is 0.960 bits per heavy atom. The Kier molecular flexibility index (Phi) is 5.71. The highest BCUT2D eigenvalue weighted by Gasteiger charge is 2.16. The maximum atomic E-state index is 12.0. The molecule has 7 heteroatoms. The van der Waals surface area contributed by atoms with Gasteiger partial charge in [0.25, 0.3) is 5.91 Å². The van der Waals surface area contributed by atoms with E-state index in [2.05, 4.69) is 10.5 Å². The molecule has 0 aliphatic heterocycles. The zero-order valence-corrected chi connectivity index (χ0v) is 15.5. The summed E-state index contributed by atoms with van der Waals surface area (Å²) in [6.45, 7) is 3.69. The van der Waals surface area contributed by atoms with E-state index in [4.69, 9.17) is 0 Å². The van der Waals surface area contributed by atoms with Crippen molar-refractivity contribution in [3.05, 3.63) is 65.2 Å². The van der Waals surface area contributed by atoms with Crippen molar-refractivity contribution in [1.82, 2.24) is 9.73 Å². The van der Waals surface area contributed by atoms with Crippen molar-refractivity contribution in [2.75, 3.05) is 14.1 Å². The van der Waals surface area contributed by atoms with Crippen molar-refractivity contribution in [2.24, 2.45) is 5.10 Å². The second-order valence-corrected chi connectivity index (χ2v) is 7.97. The zero-order chi connectivity index (χ0) is 18.6. The number of benzene rings is 2. The molecule has 6 nitrogen and oxygen atoms in total. The average Bonchev–Trinajstić information content (AvgIpc) is 2.60. The molecule has 0 aliphatic rings. The lowest BCUT2D eigenvalue weighted by molar-refractivity contribution is 0.0955. The van der Waals surface area contributed by atoms with Gasteiger partial charge < -0.3 is 0 Å². The standard InChI is InChI=1S/C18H21N3O3S/c1-13-5-7-16(8-6-13)18(22)20-19-14(2)15-9-11-17(12-10-15)25(23,24)21(3)4/h5-12H,1-4H3,(H,20,22)/b19-14-. The lowest BCUT2D eigenvalue weighted by atomic mass is 10.1. The summed E-state index contributed by atoms with van der Waals surface area (Å²) in [5.74, 6) is -0.300. The first-order chi connectivity index (χ1) is 11.7. The number of carbonyl (C=O) groups excluding carboxylic acids is 1. The molecule has 0 heterocycles. The molecule has 0 radical (unpaired) electrons. The molecule has 2 aromatic rings. The molecule has 132 valence electrons. The summed E-state index contributed by atoms with van der Waals surface area (Å²) < 4.78 is 25.3. The summed E-state index contributed by atoms with van der Waals surface area (Å²) in [5, 5.41) is 4.08. The Morgan fingerprint density at radius 3 is 2.00 bits per heavy atom. The van der Waals surface area contributed by atoms with Crippen molar-refractivity contribution in [1.29, 1.82) is 0 Å². The Hall–Kier alpha value is -2.51. The number of nitrogens with zero attached hydrogens (tertiary/aromatic N) is 2. The van der Waals surface area contributed by atoms with Crippen LogP contribution in [0.3, 0.4) is 0 Å². The van der Waals surface area contributed by atoms with Crippen molar-refractivity contribution >= 4 is 21.6 Å². The first-order valence-corrected chi connectivity index (χ1v) is 9.10. The van der Waals surface area contributed by atoms with E-state index in [1.54, 1.807) is 31.2 Å². The van der Waals surface area contributed by atoms with Gasteiger partial charge in [0, 0.05) is 19.7 Å². The van der Waals surface area contributed by atoms with Crippen molar-refractivity contribution < 1.29 is 13.2 Å². The minimum atomic E-state index is -3.46. The number of rotatable bonds is 5. The molecule has 0 atom stereocenters. The van der Waals surface area contributed by atoms with Crippen LogP contribution in [0.5, 0.6) is 0 Å². The first kappa shape index (κ1) is 18.8. The van der Waals surface area contributed by atoms with Gasteiger partial charge in [0.05, 0.1) is 10.6 Å². The van der Waals surface area contributed by atoms with Gasteiger partial charge in [-0.1, -0.05) is 29.8 Å². The third-order valence-electron chi connectivity index (χ3n) is 3.69. The summed E-state index contributed by atoms with van der Waals surface area (Å²) in [6, 6.07) is 13.5. The van der Waals surface area contributed by atoms with Gasteiger partial charge in [-0.2, -0.15) is 5.10 Å². The second-order valence-electron chi connectivity index (χ2n) is 5.82. The largest absolute Gasteiger partial charge is 0.271 e. The number of hydrogen-bond donors (Lipinski definition) is 1.